The maximum absolute atomic E-state index is 12.1. The summed E-state index contributed by atoms with van der Waals surface area (Å²) in [6.07, 6.45) is 0.437. The van der Waals surface area contributed by atoms with E-state index in [9.17, 15) is 4.79 Å². The van der Waals surface area contributed by atoms with E-state index in [1.54, 1.807) is 11.3 Å². The highest BCUT2D eigenvalue weighted by Gasteiger charge is 2.21. The normalized spacial score (nSPS) is 16.9. The minimum absolute atomic E-state index is 0.0704. The van der Waals surface area contributed by atoms with Crippen molar-refractivity contribution in [3.05, 3.63) is 16.1 Å². The van der Waals surface area contributed by atoms with Gasteiger partial charge in [0.1, 0.15) is 0 Å². The van der Waals surface area contributed by atoms with Crippen LogP contribution in [0, 0.1) is 0 Å². The highest BCUT2D eigenvalue weighted by Crippen LogP contribution is 2.25. The van der Waals surface area contributed by atoms with Crippen molar-refractivity contribution in [3.63, 3.8) is 0 Å². The largest absolute Gasteiger partial charge is 0.340 e. The average Bonchev–Trinajstić information content (AvgIpc) is 2.78. The van der Waals surface area contributed by atoms with Gasteiger partial charge in [-0.2, -0.15) is 0 Å². The zero-order chi connectivity index (χ0) is 13.2. The van der Waals surface area contributed by atoms with Crippen LogP contribution in [-0.4, -0.2) is 42.0 Å². The summed E-state index contributed by atoms with van der Waals surface area (Å²) < 4.78 is 0. The molecule has 5 heteroatoms. The molecule has 100 valence electrons. The number of carbonyl (C=O) groups excluding carboxylic acids is 1. The Kier molecular flexibility index (Phi) is 4.02. The van der Waals surface area contributed by atoms with Gasteiger partial charge >= 0.3 is 0 Å². The summed E-state index contributed by atoms with van der Waals surface area (Å²) in [6.45, 7) is 9.87. The smallest absolute Gasteiger partial charge is 0.228 e. The first-order valence-corrected chi connectivity index (χ1v) is 7.28. The first kappa shape index (κ1) is 13.5. The lowest BCUT2D eigenvalue weighted by molar-refractivity contribution is -0.131. The van der Waals surface area contributed by atoms with Crippen LogP contribution >= 0.6 is 11.3 Å². The van der Waals surface area contributed by atoms with Crippen molar-refractivity contribution in [2.45, 2.75) is 32.6 Å². The molecular weight excluding hydrogens is 246 g/mol. The van der Waals surface area contributed by atoms with E-state index in [1.807, 2.05) is 10.3 Å². The molecule has 1 amide bonds. The third kappa shape index (κ3) is 3.29. The molecule has 1 saturated heterocycles. The quantitative estimate of drug-likeness (QED) is 0.881. The SMILES string of the molecule is CC(C)(C)c1nc(CC(=O)N2CCNCC2)cs1. The Morgan fingerprint density at radius 1 is 1.44 bits per heavy atom. The second-order valence-electron chi connectivity index (χ2n) is 5.70. The van der Waals surface area contributed by atoms with E-state index in [0.29, 0.717) is 6.42 Å². The van der Waals surface area contributed by atoms with Gasteiger partial charge in [-0.05, 0) is 0 Å². The van der Waals surface area contributed by atoms with Crippen LogP contribution in [0.1, 0.15) is 31.5 Å². The fourth-order valence-corrected chi connectivity index (χ4v) is 2.82. The summed E-state index contributed by atoms with van der Waals surface area (Å²) in [5.74, 6) is 0.197. The molecule has 1 aromatic heterocycles. The van der Waals surface area contributed by atoms with Crippen LogP contribution in [0.15, 0.2) is 5.38 Å². The number of hydrogen-bond acceptors (Lipinski definition) is 4. The molecule has 0 bridgehead atoms. The number of aromatic nitrogens is 1. The Balaban J connectivity index is 1.96. The Labute approximate surface area is 112 Å². The van der Waals surface area contributed by atoms with Gasteiger partial charge in [-0.3, -0.25) is 4.79 Å². The molecule has 0 aromatic carbocycles. The Morgan fingerprint density at radius 3 is 2.67 bits per heavy atom. The van der Waals surface area contributed by atoms with Crippen molar-refractivity contribution in [2.75, 3.05) is 26.2 Å². The van der Waals surface area contributed by atoms with E-state index >= 15 is 0 Å². The van der Waals surface area contributed by atoms with Crippen molar-refractivity contribution >= 4 is 17.2 Å². The number of rotatable bonds is 2. The van der Waals surface area contributed by atoms with Gasteiger partial charge in [-0.1, -0.05) is 20.8 Å². The molecule has 4 nitrogen and oxygen atoms in total. The van der Waals surface area contributed by atoms with Crippen LogP contribution in [0.5, 0.6) is 0 Å². The molecule has 1 N–H and O–H groups in total. The minimum Gasteiger partial charge on any atom is -0.340 e. The zero-order valence-corrected chi connectivity index (χ0v) is 12.1. The van der Waals surface area contributed by atoms with E-state index in [1.165, 1.54) is 0 Å². The molecule has 1 aliphatic heterocycles. The van der Waals surface area contributed by atoms with Gasteiger partial charge in [0.05, 0.1) is 17.1 Å². The van der Waals surface area contributed by atoms with Crippen molar-refractivity contribution in [1.29, 1.82) is 0 Å². The lowest BCUT2D eigenvalue weighted by Crippen LogP contribution is -2.47. The monoisotopic (exact) mass is 267 g/mol. The van der Waals surface area contributed by atoms with Gasteiger partial charge in [0.15, 0.2) is 0 Å². The number of piperazine rings is 1. The van der Waals surface area contributed by atoms with Crippen molar-refractivity contribution in [1.82, 2.24) is 15.2 Å². The van der Waals surface area contributed by atoms with Crippen LogP contribution in [0.25, 0.3) is 0 Å². The van der Waals surface area contributed by atoms with Gasteiger partial charge < -0.3 is 10.2 Å². The van der Waals surface area contributed by atoms with Gasteiger partial charge in [0.25, 0.3) is 0 Å². The number of nitrogens with one attached hydrogen (secondary N) is 1. The molecule has 0 radical (unpaired) electrons. The third-order valence-electron chi connectivity index (χ3n) is 3.00. The first-order valence-electron chi connectivity index (χ1n) is 6.40. The standard InChI is InChI=1S/C13H21N3OS/c1-13(2,3)12-15-10(9-18-12)8-11(17)16-6-4-14-5-7-16/h9,14H,4-8H2,1-3H3. The van der Waals surface area contributed by atoms with Crippen molar-refractivity contribution in [3.8, 4) is 0 Å². The van der Waals surface area contributed by atoms with Crippen LogP contribution in [0.3, 0.4) is 0 Å². The van der Waals surface area contributed by atoms with Crippen LogP contribution in [0.2, 0.25) is 0 Å². The summed E-state index contributed by atoms with van der Waals surface area (Å²) in [6, 6.07) is 0. The molecule has 0 unspecified atom stereocenters. The molecule has 0 atom stereocenters. The number of hydrogen-bond donors (Lipinski definition) is 1. The average molecular weight is 267 g/mol. The molecule has 0 spiro atoms. The third-order valence-corrected chi connectivity index (χ3v) is 4.31. The molecular formula is C13H21N3OS. The minimum atomic E-state index is 0.0704. The topological polar surface area (TPSA) is 45.2 Å². The van der Waals surface area contributed by atoms with E-state index < -0.39 is 0 Å². The second-order valence-corrected chi connectivity index (χ2v) is 6.56. The molecule has 1 aliphatic rings. The molecule has 1 aromatic rings. The molecule has 0 saturated carbocycles. The molecule has 2 rings (SSSR count). The molecule has 0 aliphatic carbocycles. The summed E-state index contributed by atoms with van der Waals surface area (Å²) in [4.78, 5) is 18.6. The second kappa shape index (κ2) is 5.36. The number of nitrogens with zero attached hydrogens (tertiary/aromatic N) is 2. The highest BCUT2D eigenvalue weighted by atomic mass is 32.1. The lowest BCUT2D eigenvalue weighted by Gasteiger charge is -2.27. The van der Waals surface area contributed by atoms with E-state index in [4.69, 9.17) is 0 Å². The Hall–Kier alpha value is -0.940. The van der Waals surface area contributed by atoms with Gasteiger partial charge in [0, 0.05) is 37.0 Å². The lowest BCUT2D eigenvalue weighted by atomic mass is 9.98. The summed E-state index contributed by atoms with van der Waals surface area (Å²) >= 11 is 1.65. The van der Waals surface area contributed by atoms with Crippen LogP contribution in [-0.2, 0) is 16.6 Å². The first-order chi connectivity index (χ1) is 8.47. The van der Waals surface area contributed by atoms with Gasteiger partial charge in [-0.15, -0.1) is 11.3 Å². The van der Waals surface area contributed by atoms with E-state index in [0.717, 1.165) is 36.9 Å². The fraction of sp³-hybridized carbons (Fsp3) is 0.692. The number of carbonyl (C=O) groups is 1. The number of thiazole rings is 1. The maximum atomic E-state index is 12.1. The molecule has 18 heavy (non-hydrogen) atoms. The molecule has 1 fully saturated rings. The van der Waals surface area contributed by atoms with Crippen molar-refractivity contribution < 1.29 is 4.79 Å². The number of amides is 1. The Bertz CT molecular complexity index is 416. The van der Waals surface area contributed by atoms with Crippen molar-refractivity contribution in [2.24, 2.45) is 0 Å². The predicted molar refractivity (Wildman–Crippen MR) is 74.0 cm³/mol. The summed E-state index contributed by atoms with van der Waals surface area (Å²) in [7, 11) is 0. The Morgan fingerprint density at radius 2 is 2.11 bits per heavy atom. The van der Waals surface area contributed by atoms with Crippen LogP contribution in [0.4, 0.5) is 0 Å². The highest BCUT2D eigenvalue weighted by molar-refractivity contribution is 7.09. The zero-order valence-electron chi connectivity index (χ0n) is 11.3. The summed E-state index contributed by atoms with van der Waals surface area (Å²) in [5, 5.41) is 6.37. The van der Waals surface area contributed by atoms with Gasteiger partial charge in [0.2, 0.25) is 5.91 Å². The van der Waals surface area contributed by atoms with Gasteiger partial charge in [-0.25, -0.2) is 4.98 Å². The predicted octanol–water partition coefficient (Wildman–Crippen LogP) is 1.41. The van der Waals surface area contributed by atoms with Crippen LogP contribution < -0.4 is 5.32 Å². The summed E-state index contributed by atoms with van der Waals surface area (Å²) in [5.41, 5.74) is 0.981. The molecule has 2 heterocycles. The fourth-order valence-electron chi connectivity index (χ4n) is 1.91. The van der Waals surface area contributed by atoms with E-state index in [2.05, 4.69) is 31.1 Å². The maximum Gasteiger partial charge on any atom is 0.228 e. The van der Waals surface area contributed by atoms with E-state index in [-0.39, 0.29) is 11.3 Å².